The summed E-state index contributed by atoms with van der Waals surface area (Å²) in [6.07, 6.45) is -4.75. The van der Waals surface area contributed by atoms with Crippen molar-refractivity contribution in [3.63, 3.8) is 0 Å². The van der Waals surface area contributed by atoms with Crippen molar-refractivity contribution < 1.29 is 17.9 Å². The summed E-state index contributed by atoms with van der Waals surface area (Å²) in [5.41, 5.74) is 0.860. The number of rotatable bonds is 4. The Hall–Kier alpha value is -0.990. The maximum Gasteiger partial charge on any atom is 0.573 e. The standard InChI is InChI=1S/C16H16ClF3N2OS.ClH/c17-12-10-11(3-4-13(12)23-16(18,19)20)15(14-2-1-9-24-14)22-7-5-21-6-8-22;/h1-4,9-10,15,21H,5-8H2;1H/t15-;/m1./s1. The molecule has 1 aromatic carbocycles. The third-order valence-corrected chi connectivity index (χ3v) is 5.05. The summed E-state index contributed by atoms with van der Waals surface area (Å²) in [4.78, 5) is 3.44. The van der Waals surface area contributed by atoms with E-state index in [1.807, 2.05) is 17.5 Å². The van der Waals surface area contributed by atoms with Crippen LogP contribution >= 0.6 is 35.3 Å². The second kappa shape index (κ2) is 8.60. The van der Waals surface area contributed by atoms with Crippen LogP contribution in [0.25, 0.3) is 0 Å². The Kier molecular flexibility index (Phi) is 6.99. The molecule has 138 valence electrons. The van der Waals surface area contributed by atoms with Crippen LogP contribution in [0.5, 0.6) is 5.75 Å². The van der Waals surface area contributed by atoms with Crippen LogP contribution in [0.2, 0.25) is 5.02 Å². The highest BCUT2D eigenvalue weighted by Gasteiger charge is 2.32. The van der Waals surface area contributed by atoms with E-state index >= 15 is 0 Å². The molecule has 25 heavy (non-hydrogen) atoms. The maximum absolute atomic E-state index is 12.4. The Morgan fingerprint density at radius 2 is 1.92 bits per heavy atom. The van der Waals surface area contributed by atoms with Gasteiger partial charge in [-0.05, 0) is 29.1 Å². The van der Waals surface area contributed by atoms with Crippen LogP contribution in [0.15, 0.2) is 35.7 Å². The molecule has 1 N–H and O–H groups in total. The molecule has 2 aromatic rings. The van der Waals surface area contributed by atoms with Crippen LogP contribution in [0.3, 0.4) is 0 Å². The molecule has 0 unspecified atom stereocenters. The number of piperazine rings is 1. The largest absolute Gasteiger partial charge is 0.573 e. The molecule has 1 aromatic heterocycles. The predicted octanol–water partition coefficient (Wildman–Crippen LogP) is 4.72. The lowest BCUT2D eigenvalue weighted by atomic mass is 10.0. The highest BCUT2D eigenvalue weighted by Crippen LogP contribution is 2.37. The van der Waals surface area contributed by atoms with Crippen LogP contribution in [0, 0.1) is 0 Å². The molecular weight excluding hydrogens is 396 g/mol. The summed E-state index contributed by atoms with van der Waals surface area (Å²) >= 11 is 7.65. The number of hydrogen-bond donors (Lipinski definition) is 1. The number of alkyl halides is 3. The monoisotopic (exact) mass is 412 g/mol. The third kappa shape index (κ3) is 5.24. The van der Waals surface area contributed by atoms with Gasteiger partial charge >= 0.3 is 6.36 Å². The van der Waals surface area contributed by atoms with Crippen molar-refractivity contribution in [1.29, 1.82) is 0 Å². The Morgan fingerprint density at radius 1 is 1.20 bits per heavy atom. The van der Waals surface area contributed by atoms with Crippen LogP contribution in [-0.2, 0) is 0 Å². The van der Waals surface area contributed by atoms with Gasteiger partial charge in [-0.2, -0.15) is 0 Å². The lowest BCUT2D eigenvalue weighted by Gasteiger charge is -2.35. The molecule has 0 saturated carbocycles. The Labute approximate surface area is 159 Å². The predicted molar refractivity (Wildman–Crippen MR) is 96.0 cm³/mol. The Bertz CT molecular complexity index is 677. The lowest BCUT2D eigenvalue weighted by molar-refractivity contribution is -0.274. The fourth-order valence-electron chi connectivity index (χ4n) is 2.84. The van der Waals surface area contributed by atoms with Gasteiger partial charge in [0.15, 0.2) is 0 Å². The zero-order valence-electron chi connectivity index (χ0n) is 13.1. The van der Waals surface area contributed by atoms with Crippen LogP contribution in [0.1, 0.15) is 16.5 Å². The quantitative estimate of drug-likeness (QED) is 0.786. The van der Waals surface area contributed by atoms with E-state index in [-0.39, 0.29) is 29.2 Å². The molecule has 1 fully saturated rings. The average molecular weight is 413 g/mol. The molecule has 1 aliphatic rings. The molecule has 9 heteroatoms. The summed E-state index contributed by atoms with van der Waals surface area (Å²) in [6, 6.07) is 8.48. The van der Waals surface area contributed by atoms with Crippen molar-refractivity contribution >= 4 is 35.3 Å². The Balaban J connectivity index is 0.00000225. The van der Waals surface area contributed by atoms with E-state index in [0.717, 1.165) is 36.6 Å². The van der Waals surface area contributed by atoms with Crippen molar-refractivity contribution in [3.05, 3.63) is 51.2 Å². The molecule has 1 aliphatic heterocycles. The fraction of sp³-hybridized carbons (Fsp3) is 0.375. The molecular formula is C16H17Cl2F3N2OS. The van der Waals surface area contributed by atoms with E-state index in [1.54, 1.807) is 23.5 Å². The van der Waals surface area contributed by atoms with Crippen LogP contribution in [0.4, 0.5) is 13.2 Å². The van der Waals surface area contributed by atoms with Gasteiger partial charge in [0.05, 0.1) is 11.1 Å². The summed E-state index contributed by atoms with van der Waals surface area (Å²) in [7, 11) is 0. The van der Waals surface area contributed by atoms with E-state index in [0.29, 0.717) is 0 Å². The minimum absolute atomic E-state index is 0. The number of nitrogens with zero attached hydrogens (tertiary/aromatic N) is 1. The van der Waals surface area contributed by atoms with Gasteiger partial charge in [-0.15, -0.1) is 36.9 Å². The Morgan fingerprint density at radius 3 is 2.48 bits per heavy atom. The van der Waals surface area contributed by atoms with Gasteiger partial charge in [-0.25, -0.2) is 0 Å². The number of benzene rings is 1. The van der Waals surface area contributed by atoms with Gasteiger partial charge in [0.2, 0.25) is 0 Å². The maximum atomic E-state index is 12.4. The minimum Gasteiger partial charge on any atom is -0.404 e. The molecule has 0 aliphatic carbocycles. The number of ether oxygens (including phenoxy) is 1. The molecule has 2 heterocycles. The van der Waals surface area contributed by atoms with Gasteiger partial charge < -0.3 is 10.1 Å². The van der Waals surface area contributed by atoms with Crippen LogP contribution in [-0.4, -0.2) is 37.4 Å². The summed E-state index contributed by atoms with van der Waals surface area (Å²) in [6.45, 7) is 3.48. The zero-order chi connectivity index (χ0) is 17.2. The normalized spacial score (nSPS) is 17.0. The van der Waals surface area contributed by atoms with Gasteiger partial charge in [0.1, 0.15) is 5.75 Å². The highest BCUT2D eigenvalue weighted by molar-refractivity contribution is 7.10. The van der Waals surface area contributed by atoms with E-state index in [4.69, 9.17) is 11.6 Å². The second-order valence-corrected chi connectivity index (χ2v) is 6.83. The van der Waals surface area contributed by atoms with Gasteiger partial charge in [0, 0.05) is 31.1 Å². The summed E-state index contributed by atoms with van der Waals surface area (Å²) in [5.74, 6) is -0.377. The van der Waals surface area contributed by atoms with Gasteiger partial charge in [0.25, 0.3) is 0 Å². The first kappa shape index (κ1) is 20.3. The zero-order valence-corrected chi connectivity index (χ0v) is 15.4. The van der Waals surface area contributed by atoms with E-state index in [9.17, 15) is 13.2 Å². The number of hydrogen-bond acceptors (Lipinski definition) is 4. The van der Waals surface area contributed by atoms with E-state index in [1.165, 1.54) is 6.07 Å². The molecule has 3 nitrogen and oxygen atoms in total. The van der Waals surface area contributed by atoms with Crippen molar-refractivity contribution in [1.82, 2.24) is 10.2 Å². The lowest BCUT2D eigenvalue weighted by Crippen LogP contribution is -2.45. The summed E-state index contributed by atoms with van der Waals surface area (Å²) in [5, 5.41) is 5.26. The van der Waals surface area contributed by atoms with Gasteiger partial charge in [-0.3, -0.25) is 4.90 Å². The number of nitrogens with one attached hydrogen (secondary N) is 1. The van der Waals surface area contributed by atoms with Crippen molar-refractivity contribution in [3.8, 4) is 5.75 Å². The van der Waals surface area contributed by atoms with Crippen molar-refractivity contribution in [2.45, 2.75) is 12.4 Å². The third-order valence-electron chi connectivity index (χ3n) is 3.83. The van der Waals surface area contributed by atoms with Crippen LogP contribution < -0.4 is 10.1 Å². The molecule has 1 saturated heterocycles. The number of thiophene rings is 1. The topological polar surface area (TPSA) is 24.5 Å². The first-order valence-corrected chi connectivity index (χ1v) is 8.73. The molecule has 0 spiro atoms. The first-order chi connectivity index (χ1) is 11.4. The van der Waals surface area contributed by atoms with E-state index < -0.39 is 6.36 Å². The number of halogens is 5. The first-order valence-electron chi connectivity index (χ1n) is 7.47. The molecule has 3 rings (SSSR count). The molecule has 0 bridgehead atoms. The smallest absolute Gasteiger partial charge is 0.404 e. The van der Waals surface area contributed by atoms with Gasteiger partial charge in [-0.1, -0.05) is 23.7 Å². The van der Waals surface area contributed by atoms with Crippen molar-refractivity contribution in [2.75, 3.05) is 26.2 Å². The SMILES string of the molecule is Cl.FC(F)(F)Oc1ccc([C@H](c2cccs2)N2CCNCC2)cc1Cl. The molecule has 1 atom stereocenters. The minimum atomic E-state index is -4.75. The second-order valence-electron chi connectivity index (χ2n) is 5.44. The fourth-order valence-corrected chi connectivity index (χ4v) is 3.95. The summed E-state index contributed by atoms with van der Waals surface area (Å²) < 4.78 is 41.2. The molecule has 0 amide bonds. The average Bonchev–Trinajstić information content (AvgIpc) is 3.04. The highest BCUT2D eigenvalue weighted by atomic mass is 35.5. The molecule has 0 radical (unpaired) electrons. The van der Waals surface area contributed by atoms with Crippen molar-refractivity contribution in [2.24, 2.45) is 0 Å². The van der Waals surface area contributed by atoms with E-state index in [2.05, 4.69) is 15.0 Å².